The third kappa shape index (κ3) is 6.45. The maximum atomic E-state index is 12.2. The number of hydrogen-bond donors (Lipinski definition) is 2. The predicted octanol–water partition coefficient (Wildman–Crippen LogP) is 2.90. The van der Waals surface area contributed by atoms with Crippen molar-refractivity contribution in [3.63, 3.8) is 0 Å². The summed E-state index contributed by atoms with van der Waals surface area (Å²) in [7, 11) is 1.31. The van der Waals surface area contributed by atoms with Crippen LogP contribution in [0.15, 0.2) is 48.5 Å². The third-order valence-corrected chi connectivity index (χ3v) is 4.46. The first-order valence-electron chi connectivity index (χ1n) is 8.33. The Morgan fingerprint density at radius 1 is 1.04 bits per heavy atom. The van der Waals surface area contributed by atoms with Crippen LogP contribution in [0.25, 0.3) is 0 Å². The number of esters is 1. The number of carbonyl (C=O) groups excluding carboxylic acids is 2. The summed E-state index contributed by atoms with van der Waals surface area (Å²) in [6.07, 6.45) is 2.53. The standard InChI is InChI=1S/C20H22N2O4S/c1-25-18(23)13-26-17-9-3-14(4-10-17)11-12-22-20(24)16-7-5-15(6-8-16)19(21)27-2/h3-10,21H,11-13H2,1-2H3,(H,22,24). The number of rotatable bonds is 8. The van der Waals surface area contributed by atoms with Crippen molar-refractivity contribution in [3.8, 4) is 5.75 Å². The summed E-state index contributed by atoms with van der Waals surface area (Å²) in [5, 5.41) is 11.1. The maximum absolute atomic E-state index is 12.2. The number of carbonyl (C=O) groups is 2. The number of nitrogens with one attached hydrogen (secondary N) is 2. The molecule has 0 unspecified atom stereocenters. The minimum atomic E-state index is -0.430. The Hall–Kier alpha value is -2.80. The van der Waals surface area contributed by atoms with Gasteiger partial charge in [0.1, 0.15) is 5.75 Å². The molecule has 6 nitrogen and oxygen atoms in total. The molecule has 2 aromatic carbocycles. The maximum Gasteiger partial charge on any atom is 0.343 e. The zero-order valence-corrected chi connectivity index (χ0v) is 16.1. The highest BCUT2D eigenvalue weighted by atomic mass is 32.2. The van der Waals surface area contributed by atoms with E-state index in [4.69, 9.17) is 10.1 Å². The van der Waals surface area contributed by atoms with Crippen molar-refractivity contribution in [2.45, 2.75) is 6.42 Å². The first-order chi connectivity index (χ1) is 13.0. The molecule has 0 bridgehead atoms. The minimum absolute atomic E-state index is 0.124. The van der Waals surface area contributed by atoms with Crippen LogP contribution >= 0.6 is 11.8 Å². The summed E-state index contributed by atoms with van der Waals surface area (Å²) < 4.78 is 9.80. The zero-order chi connectivity index (χ0) is 19.6. The van der Waals surface area contributed by atoms with Crippen LogP contribution in [0.2, 0.25) is 0 Å². The molecule has 2 rings (SSSR count). The first-order valence-corrected chi connectivity index (χ1v) is 9.55. The molecule has 0 aromatic heterocycles. The van der Waals surface area contributed by atoms with Gasteiger partial charge in [0, 0.05) is 17.7 Å². The second-order valence-corrected chi connectivity index (χ2v) is 6.44. The molecule has 0 saturated carbocycles. The van der Waals surface area contributed by atoms with Crippen molar-refractivity contribution in [1.29, 1.82) is 5.41 Å². The number of ether oxygens (including phenoxy) is 2. The van der Waals surface area contributed by atoms with E-state index < -0.39 is 5.97 Å². The van der Waals surface area contributed by atoms with Crippen molar-refractivity contribution < 1.29 is 19.1 Å². The van der Waals surface area contributed by atoms with E-state index in [1.54, 1.807) is 36.4 Å². The van der Waals surface area contributed by atoms with E-state index in [1.165, 1.54) is 18.9 Å². The molecule has 1 amide bonds. The second-order valence-electron chi connectivity index (χ2n) is 5.63. The van der Waals surface area contributed by atoms with Gasteiger partial charge in [-0.3, -0.25) is 10.2 Å². The molecule has 0 fully saturated rings. The van der Waals surface area contributed by atoms with Gasteiger partial charge in [0.25, 0.3) is 5.91 Å². The van der Waals surface area contributed by atoms with Crippen molar-refractivity contribution in [1.82, 2.24) is 5.32 Å². The zero-order valence-electron chi connectivity index (χ0n) is 15.3. The molecule has 0 aliphatic rings. The number of thioether (sulfide) groups is 1. The van der Waals surface area contributed by atoms with E-state index in [1.807, 2.05) is 18.4 Å². The predicted molar refractivity (Wildman–Crippen MR) is 107 cm³/mol. The normalized spacial score (nSPS) is 10.1. The largest absolute Gasteiger partial charge is 0.482 e. The average molecular weight is 386 g/mol. The van der Waals surface area contributed by atoms with Gasteiger partial charge in [0.05, 0.1) is 12.2 Å². The lowest BCUT2D eigenvalue weighted by molar-refractivity contribution is -0.142. The molecule has 0 spiro atoms. The van der Waals surface area contributed by atoms with E-state index in [9.17, 15) is 9.59 Å². The molecule has 0 aliphatic heterocycles. The lowest BCUT2D eigenvalue weighted by Crippen LogP contribution is -2.25. The SMILES string of the molecule is COC(=O)COc1ccc(CCNC(=O)c2ccc(C(=N)SC)cc2)cc1. The molecule has 0 atom stereocenters. The van der Waals surface area contributed by atoms with Crippen LogP contribution in [-0.4, -0.2) is 43.4 Å². The lowest BCUT2D eigenvalue weighted by Gasteiger charge is -2.08. The summed E-state index contributed by atoms with van der Waals surface area (Å²) in [5.41, 5.74) is 2.41. The number of hydrogen-bond acceptors (Lipinski definition) is 6. The summed E-state index contributed by atoms with van der Waals surface area (Å²) in [6, 6.07) is 14.3. The number of benzene rings is 2. The molecular formula is C20H22N2O4S. The fraction of sp³-hybridized carbons (Fsp3) is 0.250. The van der Waals surface area contributed by atoms with Crippen LogP contribution in [0.4, 0.5) is 0 Å². The lowest BCUT2D eigenvalue weighted by atomic mass is 10.1. The molecule has 0 saturated heterocycles. The van der Waals surface area contributed by atoms with Gasteiger partial charge in [-0.25, -0.2) is 4.79 Å². The van der Waals surface area contributed by atoms with Crippen LogP contribution in [-0.2, 0) is 16.0 Å². The molecule has 7 heteroatoms. The van der Waals surface area contributed by atoms with Gasteiger partial charge in [-0.05, 0) is 42.5 Å². The molecule has 0 radical (unpaired) electrons. The van der Waals surface area contributed by atoms with Crippen LogP contribution < -0.4 is 10.1 Å². The van der Waals surface area contributed by atoms with Gasteiger partial charge >= 0.3 is 5.97 Å². The highest BCUT2D eigenvalue weighted by molar-refractivity contribution is 8.13. The Morgan fingerprint density at radius 3 is 2.26 bits per heavy atom. The van der Waals surface area contributed by atoms with E-state index in [2.05, 4.69) is 10.1 Å². The highest BCUT2D eigenvalue weighted by Crippen LogP contribution is 2.13. The van der Waals surface area contributed by atoms with Gasteiger partial charge in [-0.2, -0.15) is 0 Å². The Kier molecular flexibility index (Phi) is 7.88. The summed E-state index contributed by atoms with van der Waals surface area (Å²) in [4.78, 5) is 23.2. The van der Waals surface area contributed by atoms with Gasteiger partial charge in [0.2, 0.25) is 0 Å². The average Bonchev–Trinajstić information content (AvgIpc) is 2.72. The molecule has 2 N–H and O–H groups in total. The van der Waals surface area contributed by atoms with Crippen molar-refractivity contribution in [2.75, 3.05) is 26.5 Å². The van der Waals surface area contributed by atoms with Crippen molar-refractivity contribution >= 4 is 28.7 Å². The number of methoxy groups -OCH3 is 1. The monoisotopic (exact) mass is 386 g/mol. The van der Waals surface area contributed by atoms with Crippen LogP contribution in [0.5, 0.6) is 5.75 Å². The molecule has 2 aromatic rings. The Balaban J connectivity index is 1.79. The van der Waals surface area contributed by atoms with Gasteiger partial charge in [0.15, 0.2) is 6.61 Å². The summed E-state index contributed by atoms with van der Waals surface area (Å²) in [5.74, 6) is 0.0134. The summed E-state index contributed by atoms with van der Waals surface area (Å²) in [6.45, 7) is 0.380. The van der Waals surface area contributed by atoms with E-state index >= 15 is 0 Å². The van der Waals surface area contributed by atoms with E-state index in [0.717, 1.165) is 11.1 Å². The van der Waals surface area contributed by atoms with Gasteiger partial charge < -0.3 is 14.8 Å². The van der Waals surface area contributed by atoms with Crippen LogP contribution in [0.3, 0.4) is 0 Å². The number of amides is 1. The third-order valence-electron chi connectivity index (χ3n) is 3.82. The first kappa shape index (κ1) is 20.5. The summed E-state index contributed by atoms with van der Waals surface area (Å²) >= 11 is 1.36. The molecule has 0 aliphatic carbocycles. The molecule has 142 valence electrons. The van der Waals surface area contributed by atoms with Crippen LogP contribution in [0, 0.1) is 5.41 Å². The topological polar surface area (TPSA) is 88.5 Å². The van der Waals surface area contributed by atoms with Gasteiger partial charge in [-0.15, -0.1) is 11.8 Å². The van der Waals surface area contributed by atoms with Gasteiger partial charge in [-0.1, -0.05) is 24.3 Å². The van der Waals surface area contributed by atoms with Crippen LogP contribution in [0.1, 0.15) is 21.5 Å². The molecule has 27 heavy (non-hydrogen) atoms. The second kappa shape index (κ2) is 10.4. The fourth-order valence-corrected chi connectivity index (χ4v) is 2.64. The quantitative estimate of drug-likeness (QED) is 0.414. The smallest absolute Gasteiger partial charge is 0.343 e. The minimum Gasteiger partial charge on any atom is -0.482 e. The van der Waals surface area contributed by atoms with E-state index in [0.29, 0.717) is 29.3 Å². The van der Waals surface area contributed by atoms with Crippen molar-refractivity contribution in [3.05, 3.63) is 65.2 Å². The van der Waals surface area contributed by atoms with Crippen molar-refractivity contribution in [2.24, 2.45) is 0 Å². The Morgan fingerprint density at radius 2 is 1.67 bits per heavy atom. The van der Waals surface area contributed by atoms with E-state index in [-0.39, 0.29) is 12.5 Å². The fourth-order valence-electron chi connectivity index (χ4n) is 2.27. The Bertz CT molecular complexity index is 789. The molecule has 0 heterocycles. The molecular weight excluding hydrogens is 364 g/mol. The Labute approximate surface area is 162 Å². The highest BCUT2D eigenvalue weighted by Gasteiger charge is 2.07.